The van der Waals surface area contributed by atoms with Crippen LogP contribution in [-0.2, 0) is 4.79 Å². The molecule has 88 valence electrons. The molecule has 1 N–H and O–H groups in total. The van der Waals surface area contributed by atoms with Gasteiger partial charge >= 0.3 is 5.97 Å². The van der Waals surface area contributed by atoms with Crippen LogP contribution in [0.5, 0.6) is 0 Å². The number of hydrogen-bond donors (Lipinski definition) is 1. The van der Waals surface area contributed by atoms with E-state index in [1.54, 1.807) is 0 Å². The van der Waals surface area contributed by atoms with E-state index in [-0.39, 0.29) is 17.0 Å². The zero-order valence-electron chi connectivity index (χ0n) is 8.70. The van der Waals surface area contributed by atoms with Crippen molar-refractivity contribution in [1.82, 2.24) is 0 Å². The molecule has 0 bridgehead atoms. The highest BCUT2D eigenvalue weighted by Crippen LogP contribution is 2.41. The zero-order chi connectivity index (χ0) is 12.6. The summed E-state index contributed by atoms with van der Waals surface area (Å²) in [5.74, 6) is -2.49. The first-order valence-electron chi connectivity index (χ1n) is 5.02. The van der Waals surface area contributed by atoms with Crippen LogP contribution in [-0.4, -0.2) is 21.8 Å². The number of non-ortho nitro benzene ring substituents is 1. The average molecular weight is 235 g/mol. The van der Waals surface area contributed by atoms with Gasteiger partial charge in [-0.15, -0.1) is 0 Å². The molecule has 1 aliphatic rings. The van der Waals surface area contributed by atoms with E-state index in [1.807, 2.05) is 0 Å². The summed E-state index contributed by atoms with van der Waals surface area (Å²) in [5, 5.41) is 19.2. The molecule has 2 atom stereocenters. The van der Waals surface area contributed by atoms with Gasteiger partial charge in [0.2, 0.25) is 0 Å². The molecular weight excluding hydrogens is 226 g/mol. The molecule has 1 aromatic carbocycles. The van der Waals surface area contributed by atoms with Crippen LogP contribution in [0.25, 0.3) is 0 Å². The van der Waals surface area contributed by atoms with Crippen molar-refractivity contribution in [3.8, 4) is 0 Å². The number of ketones is 1. The number of carboxylic acids is 1. The number of nitro benzene ring substituents is 1. The predicted molar refractivity (Wildman–Crippen MR) is 56.7 cm³/mol. The number of carbonyl (C=O) groups is 2. The summed E-state index contributed by atoms with van der Waals surface area (Å²) in [7, 11) is 0. The van der Waals surface area contributed by atoms with Crippen LogP contribution in [0.3, 0.4) is 0 Å². The number of rotatable bonds is 4. The quantitative estimate of drug-likeness (QED) is 0.484. The van der Waals surface area contributed by atoms with Gasteiger partial charge in [0.15, 0.2) is 5.78 Å². The summed E-state index contributed by atoms with van der Waals surface area (Å²) in [6.45, 7) is 0. The van der Waals surface area contributed by atoms with Crippen molar-refractivity contribution in [2.75, 3.05) is 0 Å². The molecule has 0 radical (unpaired) electrons. The smallest absolute Gasteiger partial charge is 0.307 e. The molecule has 0 aromatic heterocycles. The molecule has 2 unspecified atom stereocenters. The zero-order valence-corrected chi connectivity index (χ0v) is 8.70. The molecule has 0 saturated heterocycles. The first-order chi connectivity index (χ1) is 8.00. The lowest BCUT2D eigenvalue weighted by Gasteiger charge is -1.99. The van der Waals surface area contributed by atoms with Crippen molar-refractivity contribution in [1.29, 1.82) is 0 Å². The summed E-state index contributed by atoms with van der Waals surface area (Å²) in [6.07, 6.45) is 0.316. The third-order valence-corrected chi connectivity index (χ3v) is 2.79. The van der Waals surface area contributed by atoms with Crippen LogP contribution in [0, 0.1) is 22.0 Å². The Morgan fingerprint density at radius 3 is 2.59 bits per heavy atom. The van der Waals surface area contributed by atoms with E-state index < -0.39 is 22.7 Å². The van der Waals surface area contributed by atoms with Crippen LogP contribution in [0.2, 0.25) is 0 Å². The standard InChI is InChI=1S/C11H9NO5/c13-10(8-5-9(8)11(14)15)6-2-1-3-7(4-6)12(16)17/h1-4,8-9H,5H2,(H,14,15). The summed E-state index contributed by atoms with van der Waals surface area (Å²) < 4.78 is 0. The number of carboxylic acid groups (broad SMARTS) is 1. The van der Waals surface area contributed by atoms with Crippen molar-refractivity contribution >= 4 is 17.4 Å². The fourth-order valence-corrected chi connectivity index (χ4v) is 1.74. The highest BCUT2D eigenvalue weighted by atomic mass is 16.6. The minimum absolute atomic E-state index is 0.164. The third kappa shape index (κ3) is 2.15. The number of nitro groups is 1. The Kier molecular flexibility index (Phi) is 2.63. The molecule has 0 spiro atoms. The van der Waals surface area contributed by atoms with Gasteiger partial charge in [-0.25, -0.2) is 0 Å². The van der Waals surface area contributed by atoms with Gasteiger partial charge in [0.1, 0.15) is 0 Å². The van der Waals surface area contributed by atoms with E-state index >= 15 is 0 Å². The van der Waals surface area contributed by atoms with E-state index in [9.17, 15) is 19.7 Å². The second-order valence-corrected chi connectivity index (χ2v) is 3.96. The van der Waals surface area contributed by atoms with Gasteiger partial charge < -0.3 is 5.11 Å². The van der Waals surface area contributed by atoms with Gasteiger partial charge in [0.05, 0.1) is 10.8 Å². The highest BCUT2D eigenvalue weighted by Gasteiger charge is 2.48. The second kappa shape index (κ2) is 3.97. The van der Waals surface area contributed by atoms with Gasteiger partial charge in [0, 0.05) is 23.6 Å². The Bertz CT molecular complexity index is 510. The molecule has 1 aliphatic carbocycles. The molecule has 0 amide bonds. The molecule has 1 saturated carbocycles. The topological polar surface area (TPSA) is 97.5 Å². The van der Waals surface area contributed by atoms with Crippen LogP contribution in [0.1, 0.15) is 16.8 Å². The fraction of sp³-hybridized carbons (Fsp3) is 0.273. The maximum atomic E-state index is 11.8. The van der Waals surface area contributed by atoms with Crippen molar-refractivity contribution in [2.24, 2.45) is 11.8 Å². The molecule has 1 aromatic rings. The van der Waals surface area contributed by atoms with Gasteiger partial charge in [-0.2, -0.15) is 0 Å². The predicted octanol–water partition coefficient (Wildman–Crippen LogP) is 1.50. The van der Waals surface area contributed by atoms with Crippen molar-refractivity contribution < 1.29 is 19.6 Å². The SMILES string of the molecule is O=C(O)C1CC1C(=O)c1cccc([N+](=O)[O-])c1. The van der Waals surface area contributed by atoms with Gasteiger partial charge in [0.25, 0.3) is 5.69 Å². The van der Waals surface area contributed by atoms with Gasteiger partial charge in [-0.1, -0.05) is 12.1 Å². The summed E-state index contributed by atoms with van der Waals surface area (Å²) >= 11 is 0. The number of Topliss-reactive ketones (excluding diaryl/α,β-unsaturated/α-hetero) is 1. The Morgan fingerprint density at radius 2 is 2.06 bits per heavy atom. The normalized spacial score (nSPS) is 21.9. The van der Waals surface area contributed by atoms with Crippen LogP contribution in [0.15, 0.2) is 24.3 Å². The first kappa shape index (κ1) is 11.3. The maximum absolute atomic E-state index is 11.8. The number of benzene rings is 1. The largest absolute Gasteiger partial charge is 0.481 e. The van der Waals surface area contributed by atoms with Crippen LogP contribution in [0.4, 0.5) is 5.69 Å². The molecule has 2 rings (SSSR count). The Labute approximate surface area is 96.0 Å². The Morgan fingerprint density at radius 1 is 1.35 bits per heavy atom. The lowest BCUT2D eigenvalue weighted by atomic mass is 10.1. The Hall–Kier alpha value is -2.24. The number of hydrogen-bond acceptors (Lipinski definition) is 4. The molecule has 6 heteroatoms. The minimum atomic E-state index is -0.992. The van der Waals surface area contributed by atoms with Crippen molar-refractivity contribution in [3.05, 3.63) is 39.9 Å². The van der Waals surface area contributed by atoms with E-state index in [2.05, 4.69) is 0 Å². The summed E-state index contributed by atoms with van der Waals surface area (Å²) in [6, 6.07) is 5.36. The van der Waals surface area contributed by atoms with E-state index in [4.69, 9.17) is 5.11 Å². The Balaban J connectivity index is 2.18. The van der Waals surface area contributed by atoms with E-state index in [0.29, 0.717) is 6.42 Å². The van der Waals surface area contributed by atoms with Gasteiger partial charge in [-0.3, -0.25) is 19.7 Å². The lowest BCUT2D eigenvalue weighted by molar-refractivity contribution is -0.384. The number of aliphatic carboxylic acids is 1. The molecule has 0 aliphatic heterocycles. The third-order valence-electron chi connectivity index (χ3n) is 2.79. The monoisotopic (exact) mass is 235 g/mol. The average Bonchev–Trinajstić information content (AvgIpc) is 3.08. The van der Waals surface area contributed by atoms with E-state index in [0.717, 1.165) is 0 Å². The second-order valence-electron chi connectivity index (χ2n) is 3.96. The van der Waals surface area contributed by atoms with Crippen molar-refractivity contribution in [3.63, 3.8) is 0 Å². The molecule has 6 nitrogen and oxygen atoms in total. The van der Waals surface area contributed by atoms with Crippen molar-refractivity contribution in [2.45, 2.75) is 6.42 Å². The van der Waals surface area contributed by atoms with Gasteiger partial charge in [-0.05, 0) is 6.42 Å². The molecule has 17 heavy (non-hydrogen) atoms. The maximum Gasteiger partial charge on any atom is 0.307 e. The highest BCUT2D eigenvalue weighted by molar-refractivity contribution is 6.03. The number of carbonyl (C=O) groups excluding carboxylic acids is 1. The molecular formula is C11H9NO5. The fourth-order valence-electron chi connectivity index (χ4n) is 1.74. The summed E-state index contributed by atoms with van der Waals surface area (Å²) in [4.78, 5) is 32.4. The van der Waals surface area contributed by atoms with E-state index in [1.165, 1.54) is 24.3 Å². The first-order valence-corrected chi connectivity index (χ1v) is 5.02. The molecule has 1 fully saturated rings. The number of nitrogens with zero attached hydrogens (tertiary/aromatic N) is 1. The minimum Gasteiger partial charge on any atom is -0.481 e. The molecule has 0 heterocycles. The summed E-state index contributed by atoms with van der Waals surface area (Å²) in [5.41, 5.74) is 0.0383. The lowest BCUT2D eigenvalue weighted by Crippen LogP contribution is -2.08. The van der Waals surface area contributed by atoms with Crippen LogP contribution >= 0.6 is 0 Å². The van der Waals surface area contributed by atoms with Crippen LogP contribution < -0.4 is 0 Å².